The summed E-state index contributed by atoms with van der Waals surface area (Å²) in [5.74, 6) is 0. The van der Waals surface area contributed by atoms with Crippen molar-refractivity contribution in [2.75, 3.05) is 26.7 Å². The summed E-state index contributed by atoms with van der Waals surface area (Å²) >= 11 is 3.65. The van der Waals surface area contributed by atoms with Crippen LogP contribution < -0.4 is 5.32 Å². The Morgan fingerprint density at radius 1 is 1.38 bits per heavy atom. The van der Waals surface area contributed by atoms with E-state index in [4.69, 9.17) is 4.74 Å². The van der Waals surface area contributed by atoms with Crippen LogP contribution in [0.4, 0.5) is 0 Å². The van der Waals surface area contributed by atoms with Crippen LogP contribution >= 0.6 is 15.9 Å². The molecule has 1 saturated carbocycles. The maximum absolute atomic E-state index is 5.80. The van der Waals surface area contributed by atoms with Crippen LogP contribution in [0.15, 0.2) is 22.7 Å². The molecule has 0 radical (unpaired) electrons. The number of hydrogen-bond acceptors (Lipinski definition) is 3. The molecule has 0 amide bonds. The molecule has 1 aromatic carbocycles. The minimum Gasteiger partial charge on any atom is -0.375 e. The van der Waals surface area contributed by atoms with Crippen molar-refractivity contribution in [2.24, 2.45) is 0 Å². The number of nitrogens with zero attached hydrogens (tertiary/aromatic N) is 1. The van der Waals surface area contributed by atoms with E-state index in [9.17, 15) is 0 Å². The molecule has 1 fully saturated rings. The van der Waals surface area contributed by atoms with Crippen molar-refractivity contribution in [3.8, 4) is 0 Å². The maximum Gasteiger partial charge on any atom is 0.0728 e. The Morgan fingerprint density at radius 3 is 2.86 bits per heavy atom. The van der Waals surface area contributed by atoms with Crippen molar-refractivity contribution in [3.63, 3.8) is 0 Å². The Hall–Kier alpha value is -0.420. The first-order valence-electron chi connectivity index (χ1n) is 7.96. The van der Waals surface area contributed by atoms with Crippen molar-refractivity contribution in [3.05, 3.63) is 33.8 Å². The molecule has 0 heterocycles. The molecule has 0 spiro atoms. The lowest BCUT2D eigenvalue weighted by Crippen LogP contribution is -2.25. The van der Waals surface area contributed by atoms with Crippen molar-refractivity contribution in [1.82, 2.24) is 10.2 Å². The molecule has 0 aliphatic heterocycles. The average molecular weight is 355 g/mol. The topological polar surface area (TPSA) is 24.5 Å². The van der Waals surface area contributed by atoms with Gasteiger partial charge in [-0.05, 0) is 50.0 Å². The largest absolute Gasteiger partial charge is 0.375 e. The van der Waals surface area contributed by atoms with Crippen LogP contribution in [0.3, 0.4) is 0 Å². The van der Waals surface area contributed by atoms with Gasteiger partial charge in [0, 0.05) is 23.6 Å². The lowest BCUT2D eigenvalue weighted by molar-refractivity contribution is 0.0975. The normalized spacial score (nSPS) is 14.9. The highest BCUT2D eigenvalue weighted by Crippen LogP contribution is 2.25. The van der Waals surface area contributed by atoms with Gasteiger partial charge in [0.2, 0.25) is 0 Å². The number of hydrogen-bond donors (Lipinski definition) is 1. The van der Waals surface area contributed by atoms with E-state index in [2.05, 4.69) is 58.3 Å². The zero-order valence-corrected chi connectivity index (χ0v) is 14.8. The zero-order valence-electron chi connectivity index (χ0n) is 13.2. The molecule has 2 rings (SSSR count). The molecule has 1 aliphatic carbocycles. The minimum absolute atomic E-state index is 0.682. The second kappa shape index (κ2) is 8.89. The fourth-order valence-corrected chi connectivity index (χ4v) is 2.86. The fourth-order valence-electron chi connectivity index (χ4n) is 2.32. The second-order valence-electron chi connectivity index (χ2n) is 5.87. The number of rotatable bonds is 10. The standard InChI is InChI=1S/C17H27BrN2O/c1-3-8-19-12-14-4-5-15(17(18)11-14)13-21-10-9-20(2)16-6-7-16/h4-5,11,16,19H,3,6-10,12-13H2,1-2H3. The summed E-state index contributed by atoms with van der Waals surface area (Å²) in [5, 5.41) is 3.42. The van der Waals surface area contributed by atoms with Gasteiger partial charge in [-0.3, -0.25) is 0 Å². The Bertz CT molecular complexity index is 435. The number of likely N-dealkylation sites (N-methyl/N-ethyl adjacent to an activating group) is 1. The third kappa shape index (κ3) is 6.07. The van der Waals surface area contributed by atoms with E-state index < -0.39 is 0 Å². The molecule has 1 N–H and O–H groups in total. The number of halogens is 1. The van der Waals surface area contributed by atoms with Crippen LogP contribution in [0.2, 0.25) is 0 Å². The third-order valence-corrected chi connectivity index (χ3v) is 4.63. The number of nitrogens with one attached hydrogen (secondary N) is 1. The van der Waals surface area contributed by atoms with Crippen LogP contribution in [0.1, 0.15) is 37.3 Å². The van der Waals surface area contributed by atoms with Crippen LogP contribution in [0.5, 0.6) is 0 Å². The summed E-state index contributed by atoms with van der Waals surface area (Å²) in [7, 11) is 2.19. The Morgan fingerprint density at radius 2 is 2.19 bits per heavy atom. The SMILES string of the molecule is CCCNCc1ccc(COCCN(C)C2CC2)c(Br)c1. The van der Waals surface area contributed by atoms with E-state index in [-0.39, 0.29) is 0 Å². The molecule has 0 saturated heterocycles. The van der Waals surface area contributed by atoms with E-state index in [0.29, 0.717) is 6.61 Å². The van der Waals surface area contributed by atoms with Gasteiger partial charge >= 0.3 is 0 Å². The lowest BCUT2D eigenvalue weighted by Gasteiger charge is -2.15. The lowest BCUT2D eigenvalue weighted by atomic mass is 10.1. The molecule has 1 aromatic rings. The fraction of sp³-hybridized carbons (Fsp3) is 0.647. The molecule has 3 nitrogen and oxygen atoms in total. The van der Waals surface area contributed by atoms with Gasteiger partial charge in [0.05, 0.1) is 13.2 Å². The summed E-state index contributed by atoms with van der Waals surface area (Å²) < 4.78 is 6.95. The van der Waals surface area contributed by atoms with E-state index in [1.807, 2.05) is 0 Å². The highest BCUT2D eigenvalue weighted by atomic mass is 79.9. The van der Waals surface area contributed by atoms with Crippen molar-refractivity contribution >= 4 is 15.9 Å². The summed E-state index contributed by atoms with van der Waals surface area (Å²) in [4.78, 5) is 2.40. The molecule has 0 atom stereocenters. The minimum atomic E-state index is 0.682. The van der Waals surface area contributed by atoms with Crippen LogP contribution in [0, 0.1) is 0 Å². The number of ether oxygens (including phenoxy) is 1. The van der Waals surface area contributed by atoms with Gasteiger partial charge in [-0.25, -0.2) is 0 Å². The molecular formula is C17H27BrN2O. The summed E-state index contributed by atoms with van der Waals surface area (Å²) in [6.45, 7) is 6.70. The second-order valence-corrected chi connectivity index (χ2v) is 6.72. The smallest absolute Gasteiger partial charge is 0.0728 e. The van der Waals surface area contributed by atoms with Gasteiger partial charge in [-0.2, -0.15) is 0 Å². The van der Waals surface area contributed by atoms with Crippen molar-refractivity contribution < 1.29 is 4.74 Å². The van der Waals surface area contributed by atoms with E-state index in [1.165, 1.54) is 30.4 Å². The van der Waals surface area contributed by atoms with Gasteiger partial charge in [-0.1, -0.05) is 35.0 Å². The van der Waals surface area contributed by atoms with Gasteiger partial charge in [0.25, 0.3) is 0 Å². The predicted molar refractivity (Wildman–Crippen MR) is 91.4 cm³/mol. The molecule has 4 heteroatoms. The first-order chi connectivity index (χ1) is 10.2. The third-order valence-electron chi connectivity index (χ3n) is 3.89. The first-order valence-corrected chi connectivity index (χ1v) is 8.76. The van der Waals surface area contributed by atoms with Gasteiger partial charge in [0.15, 0.2) is 0 Å². The monoisotopic (exact) mass is 354 g/mol. The Labute approximate surface area is 137 Å². The first kappa shape index (κ1) is 16.9. The molecule has 118 valence electrons. The summed E-state index contributed by atoms with van der Waals surface area (Å²) in [6.07, 6.45) is 3.88. The Kier molecular flexibility index (Phi) is 7.17. The average Bonchev–Trinajstić information content (AvgIpc) is 3.30. The maximum atomic E-state index is 5.80. The van der Waals surface area contributed by atoms with E-state index in [0.717, 1.165) is 36.8 Å². The number of benzene rings is 1. The van der Waals surface area contributed by atoms with Gasteiger partial charge < -0.3 is 15.0 Å². The van der Waals surface area contributed by atoms with Crippen LogP contribution in [0.25, 0.3) is 0 Å². The molecule has 0 unspecified atom stereocenters. The molecule has 0 aromatic heterocycles. The molecule has 0 bridgehead atoms. The Balaban J connectivity index is 1.69. The summed E-state index contributed by atoms with van der Waals surface area (Å²) in [6, 6.07) is 7.35. The van der Waals surface area contributed by atoms with Crippen molar-refractivity contribution in [1.29, 1.82) is 0 Å². The highest BCUT2D eigenvalue weighted by Gasteiger charge is 2.25. The quantitative estimate of drug-likeness (QED) is 0.650. The zero-order chi connectivity index (χ0) is 15.1. The van der Waals surface area contributed by atoms with E-state index in [1.54, 1.807) is 0 Å². The predicted octanol–water partition coefficient (Wildman–Crippen LogP) is 3.56. The molecule has 1 aliphatic rings. The van der Waals surface area contributed by atoms with E-state index >= 15 is 0 Å². The molecule has 21 heavy (non-hydrogen) atoms. The van der Waals surface area contributed by atoms with Gasteiger partial charge in [0.1, 0.15) is 0 Å². The molecular weight excluding hydrogens is 328 g/mol. The van der Waals surface area contributed by atoms with Gasteiger partial charge in [-0.15, -0.1) is 0 Å². The highest BCUT2D eigenvalue weighted by molar-refractivity contribution is 9.10. The summed E-state index contributed by atoms with van der Waals surface area (Å²) in [5.41, 5.74) is 2.54. The van der Waals surface area contributed by atoms with Crippen LogP contribution in [-0.4, -0.2) is 37.7 Å². The van der Waals surface area contributed by atoms with Crippen molar-refractivity contribution in [2.45, 2.75) is 45.4 Å². The van der Waals surface area contributed by atoms with Crippen LogP contribution in [-0.2, 0) is 17.9 Å².